The molecule has 0 unspecified atom stereocenters. The van der Waals surface area contributed by atoms with E-state index in [1.807, 2.05) is 5.92 Å². The lowest BCUT2D eigenvalue weighted by Crippen LogP contribution is -2.03. The van der Waals surface area contributed by atoms with Gasteiger partial charge < -0.3 is 0 Å². The van der Waals surface area contributed by atoms with E-state index in [0.29, 0.717) is 0 Å². The van der Waals surface area contributed by atoms with Crippen molar-refractivity contribution in [3.63, 3.8) is 0 Å². The van der Waals surface area contributed by atoms with Crippen molar-refractivity contribution in [2.75, 3.05) is 0 Å². The van der Waals surface area contributed by atoms with Gasteiger partial charge in [0.15, 0.2) is 0 Å². The van der Waals surface area contributed by atoms with Crippen LogP contribution in [0, 0.1) is 78.7 Å². The van der Waals surface area contributed by atoms with Gasteiger partial charge in [-0.2, -0.15) is 0 Å². The Labute approximate surface area is 85.9 Å². The Bertz CT molecular complexity index is 476. The van der Waals surface area contributed by atoms with Crippen LogP contribution in [0.5, 0.6) is 0 Å². The normalized spacial score (nSPS) is 4.50. The van der Waals surface area contributed by atoms with Gasteiger partial charge in [0.25, 0.3) is 0 Å². The van der Waals surface area contributed by atoms with Crippen LogP contribution in [0.2, 0.25) is 0 Å². The molecule has 0 amide bonds. The maximum absolute atomic E-state index is 6.59. The Kier molecular flexibility index (Phi) is 6.95. The molecule has 0 rings (SSSR count). The van der Waals surface area contributed by atoms with Crippen molar-refractivity contribution < 1.29 is 0 Å². The lowest BCUT2D eigenvalue weighted by molar-refractivity contribution is 2.33. The summed E-state index contributed by atoms with van der Waals surface area (Å²) in [5, 5.41) is 0. The maximum atomic E-state index is 6.59. The Morgan fingerprint density at radius 2 is 1.64 bits per heavy atom. The summed E-state index contributed by atoms with van der Waals surface area (Å²) in [5.41, 5.74) is 0. The number of hydrogen-bond acceptors (Lipinski definition) is 0. The van der Waals surface area contributed by atoms with E-state index in [-0.39, 0.29) is 0 Å². The van der Waals surface area contributed by atoms with E-state index in [0.717, 1.165) is 0 Å². The molecule has 0 aliphatic rings. The van der Waals surface area contributed by atoms with Crippen molar-refractivity contribution in [3.05, 3.63) is 13.3 Å². The van der Waals surface area contributed by atoms with Gasteiger partial charge in [0.1, 0.15) is 0 Å². The summed E-state index contributed by atoms with van der Waals surface area (Å²) in [6.45, 7) is 2.80. The molecule has 0 aliphatic carbocycles. The fourth-order valence-corrected chi connectivity index (χ4v) is 0.483. The Hall–Kier alpha value is -2.58. The highest BCUT2D eigenvalue weighted by molar-refractivity contribution is 6.82. The number of hydrogen-bond donors (Lipinski definition) is 0. The molecule has 0 fully saturated rings. The Morgan fingerprint density at radius 3 is 2.21 bits per heavy atom. The molecule has 0 bridgehead atoms. The predicted molar refractivity (Wildman–Crippen MR) is 58.2 cm³/mol. The number of terminal acetylenes is 1. The Morgan fingerprint density at radius 1 is 1.00 bits per heavy atom. The van der Waals surface area contributed by atoms with Gasteiger partial charge in [0.2, 0.25) is 0 Å². The molecule has 0 aliphatic heterocycles. The largest absolute Gasteiger partial charge is 0.398 e. The molecule has 0 heterocycles. The lowest BCUT2D eigenvalue weighted by atomic mass is 9.52. The molecule has 0 nitrogen and oxygen atoms in total. The van der Waals surface area contributed by atoms with E-state index in [2.05, 4.69) is 59.9 Å². The van der Waals surface area contributed by atoms with Crippen LogP contribution in [0.15, 0.2) is 0 Å². The van der Waals surface area contributed by atoms with Crippen LogP contribution in [0.4, 0.5) is 0 Å². The van der Waals surface area contributed by atoms with Crippen LogP contribution in [0.25, 0.3) is 0 Å². The SMILES string of the molecule is [C]#CC#CB(C#CC#C)C#CC#C[CH2]. The van der Waals surface area contributed by atoms with E-state index in [1.165, 1.54) is 0 Å². The van der Waals surface area contributed by atoms with Crippen LogP contribution >= 0.6 is 0 Å². The van der Waals surface area contributed by atoms with Gasteiger partial charge in [0, 0.05) is 6.92 Å². The van der Waals surface area contributed by atoms with Crippen LogP contribution in [0.1, 0.15) is 0 Å². The minimum Gasteiger partial charge on any atom is -0.106 e. The van der Waals surface area contributed by atoms with E-state index in [4.69, 9.17) is 12.8 Å². The summed E-state index contributed by atoms with van der Waals surface area (Å²) in [6, 6.07) is 0. The number of rotatable bonds is 0. The molecule has 58 valence electrons. The summed E-state index contributed by atoms with van der Waals surface area (Å²) < 4.78 is 0. The molecule has 1 heteroatoms. The van der Waals surface area contributed by atoms with Gasteiger partial charge in [0.05, 0.1) is 0 Å². The molecule has 0 saturated heterocycles. The van der Waals surface area contributed by atoms with Gasteiger partial charge in [-0.1, -0.05) is 5.92 Å². The molecule has 2 radical (unpaired) electrons. The molecule has 0 spiro atoms. The third-order valence-electron chi connectivity index (χ3n) is 0.935. The first-order valence-corrected chi connectivity index (χ1v) is 3.51. The molecule has 0 aromatic carbocycles. The summed E-state index contributed by atoms with van der Waals surface area (Å²) in [6.07, 6.45) is 11.5. The molecule has 0 aromatic rings. The van der Waals surface area contributed by atoms with Crippen molar-refractivity contribution in [2.45, 2.75) is 0 Å². The highest BCUT2D eigenvalue weighted by Crippen LogP contribution is 1.74. The smallest absolute Gasteiger partial charge is 0.106 e. The first kappa shape index (κ1) is 11.4. The quantitative estimate of drug-likeness (QED) is 0.359. The fourth-order valence-electron chi connectivity index (χ4n) is 0.483. The zero-order valence-electron chi connectivity index (χ0n) is 7.36. The highest BCUT2D eigenvalue weighted by Gasteiger charge is 2.00. The third kappa shape index (κ3) is 6.16. The first-order chi connectivity index (χ1) is 6.85. The molecule has 0 saturated carbocycles. The predicted octanol–water partition coefficient (Wildman–Crippen LogP) is 0.169. The van der Waals surface area contributed by atoms with Crippen LogP contribution in [0.3, 0.4) is 0 Å². The topological polar surface area (TPSA) is 0 Å². The zero-order valence-corrected chi connectivity index (χ0v) is 7.36. The van der Waals surface area contributed by atoms with Crippen LogP contribution in [-0.4, -0.2) is 6.71 Å². The second-order valence-corrected chi connectivity index (χ2v) is 1.81. The third-order valence-corrected chi connectivity index (χ3v) is 0.935. The lowest BCUT2D eigenvalue weighted by Gasteiger charge is -1.78. The standard InChI is InChI=1S/C13H3B/c1-4-7-10-13-14(11-8-5-2)12-9-6-3/h2H,1H2. The summed E-state index contributed by atoms with van der Waals surface area (Å²) in [5.74, 6) is 24.0. The van der Waals surface area contributed by atoms with Crippen LogP contribution in [-0.2, 0) is 0 Å². The van der Waals surface area contributed by atoms with E-state index < -0.39 is 6.71 Å². The van der Waals surface area contributed by atoms with Crippen molar-refractivity contribution in [1.29, 1.82) is 0 Å². The van der Waals surface area contributed by atoms with Crippen molar-refractivity contribution in [1.82, 2.24) is 0 Å². The van der Waals surface area contributed by atoms with Crippen LogP contribution < -0.4 is 0 Å². The van der Waals surface area contributed by atoms with Crippen molar-refractivity contribution in [3.8, 4) is 65.3 Å². The minimum atomic E-state index is -0.496. The second-order valence-electron chi connectivity index (χ2n) is 1.81. The maximum Gasteiger partial charge on any atom is 0.398 e. The molecule has 0 atom stereocenters. The average Bonchev–Trinajstić information content (AvgIpc) is 2.21. The molecular weight excluding hydrogens is 167 g/mol. The average molecular weight is 170 g/mol. The molecule has 0 N–H and O–H groups in total. The van der Waals surface area contributed by atoms with Gasteiger partial charge in [-0.25, -0.2) is 0 Å². The minimum absolute atomic E-state index is 0.496. The van der Waals surface area contributed by atoms with Crippen molar-refractivity contribution in [2.24, 2.45) is 0 Å². The molecule has 0 aromatic heterocycles. The van der Waals surface area contributed by atoms with E-state index in [1.54, 1.807) is 0 Å². The summed E-state index contributed by atoms with van der Waals surface area (Å²) >= 11 is 0. The second kappa shape index (κ2) is 8.52. The van der Waals surface area contributed by atoms with Gasteiger partial charge in [-0.05, 0) is 41.9 Å². The first-order valence-electron chi connectivity index (χ1n) is 3.51. The van der Waals surface area contributed by atoms with Gasteiger partial charge in [-0.15, -0.1) is 23.9 Å². The Balaban J connectivity index is 4.77. The summed E-state index contributed by atoms with van der Waals surface area (Å²) in [7, 11) is 0. The fraction of sp³-hybridized carbons (Fsp3) is 0. The molecular formula is C13H3B. The van der Waals surface area contributed by atoms with Gasteiger partial charge in [-0.3, -0.25) is 0 Å². The molecule has 14 heavy (non-hydrogen) atoms. The zero-order chi connectivity index (χ0) is 10.6. The monoisotopic (exact) mass is 170 g/mol. The van der Waals surface area contributed by atoms with E-state index in [9.17, 15) is 0 Å². The van der Waals surface area contributed by atoms with Crippen molar-refractivity contribution >= 4 is 6.71 Å². The summed E-state index contributed by atoms with van der Waals surface area (Å²) in [4.78, 5) is 0. The van der Waals surface area contributed by atoms with Gasteiger partial charge >= 0.3 is 6.71 Å². The highest BCUT2D eigenvalue weighted by atomic mass is 13.6. The van der Waals surface area contributed by atoms with E-state index >= 15 is 0 Å².